The van der Waals surface area contributed by atoms with Crippen LogP contribution in [0.25, 0.3) is 0 Å². The highest BCUT2D eigenvalue weighted by Gasteiger charge is 2.31. The van der Waals surface area contributed by atoms with Crippen molar-refractivity contribution < 1.29 is 14.3 Å². The molecule has 114 valence electrons. The van der Waals surface area contributed by atoms with Crippen LogP contribution >= 0.6 is 23.7 Å². The van der Waals surface area contributed by atoms with Crippen molar-refractivity contribution in [3.63, 3.8) is 0 Å². The average Bonchev–Trinajstić information content (AvgIpc) is 2.91. The molecular formula is C13H21ClN2O3S. The van der Waals surface area contributed by atoms with Gasteiger partial charge in [-0.3, -0.25) is 4.79 Å². The minimum atomic E-state index is -0.599. The van der Waals surface area contributed by atoms with Crippen molar-refractivity contribution in [1.29, 1.82) is 0 Å². The molecule has 3 unspecified atom stereocenters. The molecule has 1 amide bonds. The Morgan fingerprint density at radius 3 is 3.00 bits per heavy atom. The molecular weight excluding hydrogens is 300 g/mol. The number of thiophene rings is 1. The molecule has 3 atom stereocenters. The Kier molecular flexibility index (Phi) is 6.91. The van der Waals surface area contributed by atoms with Crippen molar-refractivity contribution in [1.82, 2.24) is 4.90 Å². The topological polar surface area (TPSA) is 64.8 Å². The summed E-state index contributed by atoms with van der Waals surface area (Å²) in [5.74, 6) is -0.0720. The summed E-state index contributed by atoms with van der Waals surface area (Å²) in [5.41, 5.74) is 6.93. The Morgan fingerprint density at radius 2 is 2.40 bits per heavy atom. The largest absolute Gasteiger partial charge is 0.383 e. The predicted octanol–water partition coefficient (Wildman–Crippen LogP) is 1.43. The van der Waals surface area contributed by atoms with Crippen molar-refractivity contribution >= 4 is 29.7 Å². The SMILES string of the molecule is COCC(N)C(=O)N1CC(C)OC(c2ccsc2)C1.Cl. The van der Waals surface area contributed by atoms with Gasteiger partial charge in [0.15, 0.2) is 0 Å². The minimum absolute atomic E-state index is 0. The van der Waals surface area contributed by atoms with Crippen LogP contribution in [-0.4, -0.2) is 49.8 Å². The molecule has 2 rings (SSSR count). The second-order valence-electron chi connectivity index (χ2n) is 4.80. The van der Waals surface area contributed by atoms with Crippen molar-refractivity contribution in [3.8, 4) is 0 Å². The van der Waals surface area contributed by atoms with E-state index in [1.807, 2.05) is 18.4 Å². The normalized spacial score (nSPS) is 24.1. The summed E-state index contributed by atoms with van der Waals surface area (Å²) in [7, 11) is 1.54. The first kappa shape index (κ1) is 17.4. The van der Waals surface area contributed by atoms with Gasteiger partial charge < -0.3 is 20.1 Å². The van der Waals surface area contributed by atoms with Crippen LogP contribution in [0.15, 0.2) is 16.8 Å². The number of hydrogen-bond acceptors (Lipinski definition) is 5. The van der Waals surface area contributed by atoms with E-state index in [2.05, 4.69) is 5.38 Å². The summed E-state index contributed by atoms with van der Waals surface area (Å²) in [6, 6.07) is 1.43. The fourth-order valence-corrected chi connectivity index (χ4v) is 2.96. The van der Waals surface area contributed by atoms with Crippen LogP contribution in [0, 0.1) is 0 Å². The van der Waals surface area contributed by atoms with Gasteiger partial charge in [0, 0.05) is 13.7 Å². The molecule has 1 aliphatic heterocycles. The molecule has 0 spiro atoms. The Morgan fingerprint density at radius 1 is 1.65 bits per heavy atom. The van der Waals surface area contributed by atoms with E-state index in [9.17, 15) is 4.79 Å². The van der Waals surface area contributed by atoms with E-state index >= 15 is 0 Å². The monoisotopic (exact) mass is 320 g/mol. The molecule has 0 aromatic carbocycles. The molecule has 2 N–H and O–H groups in total. The third-order valence-electron chi connectivity index (χ3n) is 3.15. The summed E-state index contributed by atoms with van der Waals surface area (Å²) in [5, 5.41) is 4.07. The van der Waals surface area contributed by atoms with Crippen LogP contribution in [0.2, 0.25) is 0 Å². The molecule has 1 aromatic heterocycles. The lowest BCUT2D eigenvalue weighted by Crippen LogP contribution is -2.52. The highest BCUT2D eigenvalue weighted by Crippen LogP contribution is 2.26. The van der Waals surface area contributed by atoms with Crippen molar-refractivity contribution in [2.24, 2.45) is 5.73 Å². The van der Waals surface area contributed by atoms with Gasteiger partial charge in [-0.15, -0.1) is 12.4 Å². The zero-order valence-electron chi connectivity index (χ0n) is 11.7. The highest BCUT2D eigenvalue weighted by molar-refractivity contribution is 7.07. The lowest BCUT2D eigenvalue weighted by Gasteiger charge is -2.37. The number of carbonyl (C=O) groups excluding carboxylic acids is 1. The molecule has 0 aliphatic carbocycles. The van der Waals surface area contributed by atoms with Gasteiger partial charge in [-0.25, -0.2) is 0 Å². The summed E-state index contributed by atoms with van der Waals surface area (Å²) in [6.07, 6.45) is -0.0500. The van der Waals surface area contributed by atoms with E-state index in [4.69, 9.17) is 15.2 Å². The van der Waals surface area contributed by atoms with Crippen LogP contribution in [0.4, 0.5) is 0 Å². The van der Waals surface area contributed by atoms with Gasteiger partial charge in [0.2, 0.25) is 5.91 Å². The molecule has 0 saturated carbocycles. The summed E-state index contributed by atoms with van der Waals surface area (Å²) >= 11 is 1.63. The van der Waals surface area contributed by atoms with Crippen LogP contribution in [-0.2, 0) is 14.3 Å². The Bertz CT molecular complexity index is 416. The number of methoxy groups -OCH3 is 1. The number of halogens is 1. The molecule has 1 saturated heterocycles. The van der Waals surface area contributed by atoms with E-state index in [1.54, 1.807) is 23.3 Å². The highest BCUT2D eigenvalue weighted by atomic mass is 35.5. The Balaban J connectivity index is 0.00000200. The smallest absolute Gasteiger partial charge is 0.242 e. The van der Waals surface area contributed by atoms with Gasteiger partial charge in [-0.2, -0.15) is 11.3 Å². The van der Waals surface area contributed by atoms with Crippen molar-refractivity contribution in [3.05, 3.63) is 22.4 Å². The second kappa shape index (κ2) is 7.95. The van der Waals surface area contributed by atoms with Crippen LogP contribution in [0.1, 0.15) is 18.6 Å². The predicted molar refractivity (Wildman–Crippen MR) is 81.3 cm³/mol. The number of rotatable bonds is 4. The molecule has 1 aromatic rings. The van der Waals surface area contributed by atoms with Crippen LogP contribution in [0.3, 0.4) is 0 Å². The average molecular weight is 321 g/mol. The first-order valence-corrected chi connectivity index (χ1v) is 7.27. The standard InChI is InChI=1S/C13H20N2O3S.ClH/c1-9-5-15(13(16)11(14)7-17-2)6-12(18-9)10-3-4-19-8-10;/h3-4,8-9,11-12H,5-7,14H2,1-2H3;1H. The number of morpholine rings is 1. The van der Waals surface area contributed by atoms with Crippen LogP contribution < -0.4 is 5.73 Å². The molecule has 0 radical (unpaired) electrons. The summed E-state index contributed by atoms with van der Waals surface area (Å²) in [4.78, 5) is 14.0. The van der Waals surface area contributed by atoms with E-state index in [-0.39, 0.29) is 37.1 Å². The van der Waals surface area contributed by atoms with E-state index in [1.165, 1.54) is 0 Å². The lowest BCUT2D eigenvalue weighted by molar-refractivity contribution is -0.147. The van der Waals surface area contributed by atoms with Gasteiger partial charge in [0.25, 0.3) is 0 Å². The fraction of sp³-hybridized carbons (Fsp3) is 0.615. The number of carbonyl (C=O) groups is 1. The number of nitrogens with two attached hydrogens (primary N) is 1. The number of hydrogen-bond donors (Lipinski definition) is 1. The zero-order valence-corrected chi connectivity index (χ0v) is 13.3. The number of nitrogens with zero attached hydrogens (tertiary/aromatic N) is 1. The maximum Gasteiger partial charge on any atom is 0.242 e. The van der Waals surface area contributed by atoms with Crippen molar-refractivity contribution in [2.45, 2.75) is 25.2 Å². The van der Waals surface area contributed by atoms with Crippen molar-refractivity contribution in [2.75, 3.05) is 26.8 Å². The molecule has 20 heavy (non-hydrogen) atoms. The van der Waals surface area contributed by atoms with Gasteiger partial charge in [0.05, 0.1) is 19.3 Å². The molecule has 7 heteroatoms. The zero-order chi connectivity index (χ0) is 13.8. The van der Waals surface area contributed by atoms with Gasteiger partial charge in [0.1, 0.15) is 12.1 Å². The lowest BCUT2D eigenvalue weighted by atomic mass is 10.1. The molecule has 5 nitrogen and oxygen atoms in total. The minimum Gasteiger partial charge on any atom is -0.383 e. The number of ether oxygens (including phenoxy) is 2. The molecule has 0 bridgehead atoms. The Labute approximate surface area is 129 Å². The third-order valence-corrected chi connectivity index (χ3v) is 3.85. The molecule has 1 aliphatic rings. The number of amides is 1. The van der Waals surface area contributed by atoms with Gasteiger partial charge in [-0.1, -0.05) is 0 Å². The van der Waals surface area contributed by atoms with E-state index in [0.717, 1.165) is 5.56 Å². The molecule has 1 fully saturated rings. The maximum atomic E-state index is 12.2. The first-order chi connectivity index (χ1) is 9.11. The third kappa shape index (κ3) is 4.17. The Hall–Kier alpha value is -0.660. The second-order valence-corrected chi connectivity index (χ2v) is 5.58. The summed E-state index contributed by atoms with van der Waals surface area (Å²) < 4.78 is 10.8. The van der Waals surface area contributed by atoms with E-state index in [0.29, 0.717) is 13.1 Å². The summed E-state index contributed by atoms with van der Waals surface area (Å²) in [6.45, 7) is 3.35. The maximum absolute atomic E-state index is 12.2. The molecule has 2 heterocycles. The van der Waals surface area contributed by atoms with E-state index < -0.39 is 6.04 Å². The van der Waals surface area contributed by atoms with Gasteiger partial charge in [-0.05, 0) is 29.3 Å². The van der Waals surface area contributed by atoms with Crippen LogP contribution in [0.5, 0.6) is 0 Å². The first-order valence-electron chi connectivity index (χ1n) is 6.32. The fourth-order valence-electron chi connectivity index (χ4n) is 2.26. The van der Waals surface area contributed by atoms with Gasteiger partial charge >= 0.3 is 0 Å². The quantitative estimate of drug-likeness (QED) is 0.911.